The maximum Gasteiger partial charge on any atom is 0.181 e. The lowest BCUT2D eigenvalue weighted by Crippen LogP contribution is -1.97. The lowest BCUT2D eigenvalue weighted by Gasteiger charge is -2.08. The molecule has 0 saturated carbocycles. The molecular weight excluding hydrogens is 202 g/mol. The molecule has 1 aromatic carbocycles. The van der Waals surface area contributed by atoms with Gasteiger partial charge in [-0.1, -0.05) is 11.6 Å². The van der Waals surface area contributed by atoms with E-state index in [4.69, 9.17) is 26.3 Å². The predicted octanol–water partition coefficient (Wildman–Crippen LogP) is 2.37. The van der Waals surface area contributed by atoms with Crippen molar-refractivity contribution in [1.29, 1.82) is 5.26 Å². The minimum atomic E-state index is 0.340. The van der Waals surface area contributed by atoms with E-state index in [0.29, 0.717) is 35.3 Å². The van der Waals surface area contributed by atoms with Gasteiger partial charge in [0.05, 0.1) is 18.8 Å². The monoisotopic (exact) mass is 209 g/mol. The highest BCUT2D eigenvalue weighted by Crippen LogP contribution is 2.38. The molecule has 0 fully saturated rings. The number of benzene rings is 1. The van der Waals surface area contributed by atoms with Crippen LogP contribution in [0.4, 0.5) is 0 Å². The van der Waals surface area contributed by atoms with E-state index in [1.807, 2.05) is 6.07 Å². The van der Waals surface area contributed by atoms with E-state index >= 15 is 0 Å². The summed E-state index contributed by atoms with van der Waals surface area (Å²) in [5.74, 6) is 1.11. The highest BCUT2D eigenvalue weighted by Gasteiger charge is 2.16. The number of hydrogen-bond donors (Lipinski definition) is 0. The summed E-state index contributed by atoms with van der Waals surface area (Å²) in [6.45, 7) is 1.19. The first-order chi connectivity index (χ1) is 6.83. The van der Waals surface area contributed by atoms with E-state index in [9.17, 15) is 0 Å². The molecule has 0 unspecified atom stereocenters. The zero-order valence-corrected chi connectivity index (χ0v) is 8.17. The quantitative estimate of drug-likeness (QED) is 0.659. The molecular formula is C10H8ClNO2. The van der Waals surface area contributed by atoms with Crippen LogP contribution in [-0.4, -0.2) is 13.2 Å². The third kappa shape index (κ3) is 1.49. The van der Waals surface area contributed by atoms with Gasteiger partial charge in [-0.05, 0) is 12.1 Å². The largest absolute Gasteiger partial charge is 0.490 e. The van der Waals surface area contributed by atoms with Crippen molar-refractivity contribution in [3.8, 4) is 17.6 Å². The number of rotatable bonds is 0. The van der Waals surface area contributed by atoms with Crippen LogP contribution in [0.25, 0.3) is 0 Å². The molecule has 0 aromatic heterocycles. The summed E-state index contributed by atoms with van der Waals surface area (Å²) in [5, 5.41) is 9.10. The Balaban J connectivity index is 2.51. The van der Waals surface area contributed by atoms with Crippen LogP contribution in [0.5, 0.6) is 11.5 Å². The van der Waals surface area contributed by atoms with Gasteiger partial charge in [0.2, 0.25) is 0 Å². The summed E-state index contributed by atoms with van der Waals surface area (Å²) in [6.07, 6.45) is 0.826. The first kappa shape index (κ1) is 9.17. The molecule has 0 N–H and O–H groups in total. The van der Waals surface area contributed by atoms with Crippen molar-refractivity contribution in [2.45, 2.75) is 6.42 Å². The maximum absolute atomic E-state index is 8.76. The highest BCUT2D eigenvalue weighted by atomic mass is 35.5. The molecule has 4 heteroatoms. The fourth-order valence-electron chi connectivity index (χ4n) is 1.29. The Bertz CT molecular complexity index is 398. The first-order valence-corrected chi connectivity index (χ1v) is 4.69. The van der Waals surface area contributed by atoms with Gasteiger partial charge >= 0.3 is 0 Å². The topological polar surface area (TPSA) is 42.2 Å². The zero-order chi connectivity index (χ0) is 9.97. The van der Waals surface area contributed by atoms with Gasteiger partial charge in [-0.25, -0.2) is 0 Å². The zero-order valence-electron chi connectivity index (χ0n) is 7.42. The number of halogens is 1. The van der Waals surface area contributed by atoms with Gasteiger partial charge in [-0.3, -0.25) is 0 Å². The lowest BCUT2D eigenvalue weighted by atomic mass is 10.2. The summed E-state index contributed by atoms with van der Waals surface area (Å²) in [5.41, 5.74) is 0.413. The highest BCUT2D eigenvalue weighted by molar-refractivity contribution is 6.33. The van der Waals surface area contributed by atoms with Crippen LogP contribution in [0.3, 0.4) is 0 Å². The summed E-state index contributed by atoms with van der Waals surface area (Å²) in [7, 11) is 0. The predicted molar refractivity (Wildman–Crippen MR) is 51.8 cm³/mol. The first-order valence-electron chi connectivity index (χ1n) is 4.31. The molecule has 1 aromatic rings. The fourth-order valence-corrected chi connectivity index (χ4v) is 1.54. The molecule has 2 rings (SSSR count). The van der Waals surface area contributed by atoms with Crippen molar-refractivity contribution in [3.05, 3.63) is 22.7 Å². The molecule has 0 bridgehead atoms. The summed E-state index contributed by atoms with van der Waals surface area (Å²) < 4.78 is 10.8. The number of nitrogens with zero attached hydrogens (tertiary/aromatic N) is 1. The molecule has 0 amide bonds. The maximum atomic E-state index is 8.76. The average Bonchev–Trinajstić information content (AvgIpc) is 2.44. The van der Waals surface area contributed by atoms with E-state index < -0.39 is 0 Å². The van der Waals surface area contributed by atoms with E-state index in [1.165, 1.54) is 0 Å². The normalized spacial score (nSPS) is 14.3. The molecule has 0 aliphatic carbocycles. The van der Waals surface area contributed by atoms with Crippen LogP contribution in [0.15, 0.2) is 12.1 Å². The molecule has 0 spiro atoms. The summed E-state index contributed by atoms with van der Waals surface area (Å²) in [4.78, 5) is 0. The van der Waals surface area contributed by atoms with Crippen molar-refractivity contribution in [2.24, 2.45) is 0 Å². The molecule has 0 radical (unpaired) electrons. The van der Waals surface area contributed by atoms with Gasteiger partial charge in [0, 0.05) is 6.42 Å². The van der Waals surface area contributed by atoms with Crippen molar-refractivity contribution >= 4 is 11.6 Å². The molecule has 1 heterocycles. The molecule has 72 valence electrons. The Morgan fingerprint density at radius 1 is 1.29 bits per heavy atom. The molecule has 14 heavy (non-hydrogen) atoms. The van der Waals surface area contributed by atoms with Gasteiger partial charge in [-0.15, -0.1) is 0 Å². The number of fused-ring (bicyclic) bond motifs is 1. The third-order valence-electron chi connectivity index (χ3n) is 1.97. The van der Waals surface area contributed by atoms with Crippen molar-refractivity contribution < 1.29 is 9.47 Å². The van der Waals surface area contributed by atoms with Crippen LogP contribution >= 0.6 is 11.6 Å². The Labute approximate surface area is 86.8 Å². The Kier molecular flexibility index (Phi) is 2.47. The summed E-state index contributed by atoms with van der Waals surface area (Å²) >= 11 is 5.97. The Morgan fingerprint density at radius 2 is 2.07 bits per heavy atom. The molecule has 3 nitrogen and oxygen atoms in total. The molecule has 0 atom stereocenters. The second-order valence-corrected chi connectivity index (χ2v) is 3.29. The fraction of sp³-hybridized carbons (Fsp3) is 0.300. The third-order valence-corrected chi connectivity index (χ3v) is 2.35. The van der Waals surface area contributed by atoms with Gasteiger partial charge in [-0.2, -0.15) is 5.26 Å². The van der Waals surface area contributed by atoms with Gasteiger partial charge in [0.25, 0.3) is 0 Å². The molecule has 1 aliphatic heterocycles. The van der Waals surface area contributed by atoms with Crippen molar-refractivity contribution in [3.63, 3.8) is 0 Å². The van der Waals surface area contributed by atoms with Crippen LogP contribution in [-0.2, 0) is 0 Å². The van der Waals surface area contributed by atoms with Crippen LogP contribution in [0, 0.1) is 11.3 Å². The lowest BCUT2D eigenvalue weighted by molar-refractivity contribution is 0.297. The smallest absolute Gasteiger partial charge is 0.181 e. The SMILES string of the molecule is N#Cc1ccc2c(c1Cl)OCCCO2. The van der Waals surface area contributed by atoms with Gasteiger partial charge in [0.1, 0.15) is 11.1 Å². The van der Waals surface area contributed by atoms with Gasteiger partial charge in [0.15, 0.2) is 11.5 Å². The molecule has 0 saturated heterocycles. The van der Waals surface area contributed by atoms with E-state index in [2.05, 4.69) is 0 Å². The number of nitriles is 1. The van der Waals surface area contributed by atoms with E-state index in [-0.39, 0.29) is 0 Å². The van der Waals surface area contributed by atoms with E-state index in [0.717, 1.165) is 6.42 Å². The number of ether oxygens (including phenoxy) is 2. The van der Waals surface area contributed by atoms with E-state index in [1.54, 1.807) is 12.1 Å². The van der Waals surface area contributed by atoms with Crippen LogP contribution in [0.1, 0.15) is 12.0 Å². The second kappa shape index (κ2) is 3.77. The van der Waals surface area contributed by atoms with Crippen LogP contribution in [0.2, 0.25) is 5.02 Å². The van der Waals surface area contributed by atoms with Crippen molar-refractivity contribution in [1.82, 2.24) is 0 Å². The minimum absolute atomic E-state index is 0.340. The Morgan fingerprint density at radius 3 is 2.86 bits per heavy atom. The average molecular weight is 210 g/mol. The summed E-state index contributed by atoms with van der Waals surface area (Å²) in [6, 6.07) is 5.35. The minimum Gasteiger partial charge on any atom is -0.490 e. The standard InChI is InChI=1S/C10H8ClNO2/c11-9-7(6-12)2-3-8-10(9)14-5-1-4-13-8/h2-3H,1,4-5H2. The van der Waals surface area contributed by atoms with Crippen LogP contribution < -0.4 is 9.47 Å². The molecule has 1 aliphatic rings. The van der Waals surface area contributed by atoms with Gasteiger partial charge < -0.3 is 9.47 Å². The number of hydrogen-bond acceptors (Lipinski definition) is 3. The Hall–Kier alpha value is -1.40. The van der Waals surface area contributed by atoms with Crippen molar-refractivity contribution in [2.75, 3.05) is 13.2 Å². The second-order valence-electron chi connectivity index (χ2n) is 2.92.